The molecule has 0 spiro atoms. The number of carbonyl (C=O) groups excluding carboxylic acids is 1. The van der Waals surface area contributed by atoms with Gasteiger partial charge in [0, 0.05) is 5.69 Å². The largest absolute Gasteiger partial charge is 0.324 e. The fourth-order valence-electron chi connectivity index (χ4n) is 1.42. The second kappa shape index (κ2) is 7.67. The van der Waals surface area contributed by atoms with E-state index in [1.54, 1.807) is 0 Å². The molecule has 6 heteroatoms. The third-order valence-electron chi connectivity index (χ3n) is 2.37. The Hall–Kier alpha value is -1.03. The molecule has 0 aliphatic rings. The molecule has 0 saturated heterocycles. The van der Waals surface area contributed by atoms with Gasteiger partial charge in [-0.1, -0.05) is 63.4 Å². The number of carbonyl (C=O) groups is 1. The van der Waals surface area contributed by atoms with Crippen LogP contribution < -0.4 is 5.32 Å². The van der Waals surface area contributed by atoms with Gasteiger partial charge in [-0.3, -0.25) is 4.79 Å². The topological polar surface area (TPSA) is 53.8 Å². The number of alkyl halides is 2. The number of amides is 1. The van der Waals surface area contributed by atoms with E-state index in [2.05, 4.69) is 60.7 Å². The Bertz CT molecular complexity index is 598. The SMILES string of the molecule is O=C(Nc1ccc(N=Nc2ccccc2)cc1)C(I)I. The van der Waals surface area contributed by atoms with Crippen LogP contribution in [0.4, 0.5) is 17.1 Å². The quantitative estimate of drug-likeness (QED) is 0.356. The van der Waals surface area contributed by atoms with Crippen LogP contribution in [0.15, 0.2) is 64.8 Å². The number of nitrogens with zero attached hydrogens (tertiary/aromatic N) is 2. The van der Waals surface area contributed by atoms with Crippen LogP contribution >= 0.6 is 45.2 Å². The monoisotopic (exact) mass is 491 g/mol. The van der Waals surface area contributed by atoms with Crippen LogP contribution in [-0.2, 0) is 4.79 Å². The number of nitrogens with one attached hydrogen (secondary N) is 1. The van der Waals surface area contributed by atoms with E-state index < -0.39 is 0 Å². The Balaban J connectivity index is 2.02. The molecule has 0 atom stereocenters. The van der Waals surface area contributed by atoms with Crippen LogP contribution in [0.1, 0.15) is 0 Å². The zero-order valence-corrected chi connectivity index (χ0v) is 14.6. The van der Waals surface area contributed by atoms with E-state index in [1.807, 2.05) is 54.6 Å². The summed E-state index contributed by atoms with van der Waals surface area (Å²) in [5.41, 5.74) is 2.31. The smallest absolute Gasteiger partial charge is 0.247 e. The lowest BCUT2D eigenvalue weighted by Crippen LogP contribution is -2.17. The molecule has 0 aliphatic carbocycles. The normalized spacial score (nSPS) is 10.9. The molecule has 20 heavy (non-hydrogen) atoms. The lowest BCUT2D eigenvalue weighted by Gasteiger charge is -2.05. The highest BCUT2D eigenvalue weighted by Crippen LogP contribution is 2.21. The molecule has 0 aliphatic heterocycles. The van der Waals surface area contributed by atoms with Crippen molar-refractivity contribution in [3.05, 3.63) is 54.6 Å². The van der Waals surface area contributed by atoms with Gasteiger partial charge < -0.3 is 5.32 Å². The van der Waals surface area contributed by atoms with Gasteiger partial charge in [-0.25, -0.2) is 0 Å². The van der Waals surface area contributed by atoms with Crippen molar-refractivity contribution in [3.8, 4) is 0 Å². The molecule has 0 saturated carbocycles. The van der Waals surface area contributed by atoms with E-state index >= 15 is 0 Å². The summed E-state index contributed by atoms with van der Waals surface area (Å²) in [6.45, 7) is 0. The Labute approximate surface area is 144 Å². The zero-order chi connectivity index (χ0) is 14.4. The average molecular weight is 491 g/mol. The first kappa shape index (κ1) is 15.4. The predicted molar refractivity (Wildman–Crippen MR) is 97.5 cm³/mol. The summed E-state index contributed by atoms with van der Waals surface area (Å²) in [5.74, 6) is -0.0233. The number of azo groups is 1. The standard InChI is InChI=1S/C14H11I2N3O/c15-13(16)14(20)17-10-6-8-12(9-7-10)19-18-11-4-2-1-3-5-11/h1-9,13H,(H,17,20). The summed E-state index contributed by atoms with van der Waals surface area (Å²) in [5, 5.41) is 11.1. The van der Waals surface area contributed by atoms with Crippen LogP contribution in [0.5, 0.6) is 0 Å². The molecule has 2 rings (SSSR count). The lowest BCUT2D eigenvalue weighted by atomic mass is 10.3. The van der Waals surface area contributed by atoms with Crippen LogP contribution in [0.25, 0.3) is 0 Å². The van der Waals surface area contributed by atoms with Gasteiger partial charge >= 0.3 is 0 Å². The summed E-state index contributed by atoms with van der Waals surface area (Å²) in [6, 6.07) is 16.8. The molecule has 0 radical (unpaired) electrons. The van der Waals surface area contributed by atoms with Crippen molar-refractivity contribution >= 4 is 68.2 Å². The van der Waals surface area contributed by atoms with E-state index in [4.69, 9.17) is 0 Å². The number of rotatable bonds is 4. The van der Waals surface area contributed by atoms with Gasteiger partial charge in [-0.15, -0.1) is 0 Å². The Morgan fingerprint density at radius 1 is 0.900 bits per heavy atom. The van der Waals surface area contributed by atoms with Crippen molar-refractivity contribution in [1.82, 2.24) is 0 Å². The van der Waals surface area contributed by atoms with Crippen LogP contribution in [0, 0.1) is 0 Å². The number of anilines is 1. The zero-order valence-electron chi connectivity index (χ0n) is 10.3. The van der Waals surface area contributed by atoms with Crippen molar-refractivity contribution in [1.29, 1.82) is 0 Å². The van der Waals surface area contributed by atoms with Crippen LogP contribution in [0.2, 0.25) is 0 Å². The molecular weight excluding hydrogens is 480 g/mol. The molecule has 0 fully saturated rings. The molecule has 2 aromatic carbocycles. The second-order valence-corrected chi connectivity index (χ2v) is 8.75. The van der Waals surface area contributed by atoms with E-state index in [-0.39, 0.29) is 7.84 Å². The van der Waals surface area contributed by atoms with E-state index in [1.165, 1.54) is 0 Å². The number of hydrogen-bond acceptors (Lipinski definition) is 3. The van der Waals surface area contributed by atoms with Gasteiger partial charge in [0.05, 0.1) is 11.4 Å². The molecule has 2 aromatic rings. The third-order valence-corrected chi connectivity index (χ3v) is 3.50. The first-order chi connectivity index (χ1) is 9.65. The fourth-order valence-corrected chi connectivity index (χ4v) is 1.73. The summed E-state index contributed by atoms with van der Waals surface area (Å²) < 4.78 is -0.0948. The number of benzene rings is 2. The molecule has 0 unspecified atom stereocenters. The lowest BCUT2D eigenvalue weighted by molar-refractivity contribution is -0.113. The van der Waals surface area contributed by atoms with Gasteiger partial charge in [0.2, 0.25) is 5.91 Å². The van der Waals surface area contributed by atoms with E-state index in [0.29, 0.717) is 0 Å². The first-order valence-corrected chi connectivity index (χ1v) is 8.30. The van der Waals surface area contributed by atoms with Crippen LogP contribution in [0.3, 0.4) is 0 Å². The van der Waals surface area contributed by atoms with Crippen molar-refractivity contribution in [2.45, 2.75) is 1.93 Å². The van der Waals surface area contributed by atoms with Crippen molar-refractivity contribution in [2.24, 2.45) is 10.2 Å². The van der Waals surface area contributed by atoms with Gasteiger partial charge in [0.1, 0.15) is 1.93 Å². The summed E-state index contributed by atoms with van der Waals surface area (Å²) in [7, 11) is 0. The Morgan fingerprint density at radius 2 is 1.45 bits per heavy atom. The highest BCUT2D eigenvalue weighted by atomic mass is 127. The molecular formula is C14H11I2N3O. The highest BCUT2D eigenvalue weighted by Gasteiger charge is 2.09. The molecule has 102 valence electrons. The number of halogens is 2. The summed E-state index contributed by atoms with van der Waals surface area (Å²) in [4.78, 5) is 11.5. The second-order valence-electron chi connectivity index (χ2n) is 3.87. The third kappa shape index (κ3) is 4.82. The summed E-state index contributed by atoms with van der Waals surface area (Å²) in [6.07, 6.45) is 0. The summed E-state index contributed by atoms with van der Waals surface area (Å²) >= 11 is 4.13. The fraction of sp³-hybridized carbons (Fsp3) is 0.0714. The van der Waals surface area contributed by atoms with Crippen molar-refractivity contribution < 1.29 is 4.79 Å². The van der Waals surface area contributed by atoms with Gasteiger partial charge in [0.25, 0.3) is 0 Å². The molecule has 1 N–H and O–H groups in total. The maximum Gasteiger partial charge on any atom is 0.247 e. The minimum absolute atomic E-state index is 0.0233. The predicted octanol–water partition coefficient (Wildman–Crippen LogP) is 5.24. The van der Waals surface area contributed by atoms with Gasteiger partial charge in [-0.05, 0) is 36.4 Å². The maximum absolute atomic E-state index is 11.5. The molecule has 1 amide bonds. The Kier molecular flexibility index (Phi) is 5.89. The van der Waals surface area contributed by atoms with Crippen molar-refractivity contribution in [2.75, 3.05) is 5.32 Å². The molecule has 4 nitrogen and oxygen atoms in total. The average Bonchev–Trinajstić information content (AvgIpc) is 2.47. The van der Waals surface area contributed by atoms with E-state index in [9.17, 15) is 4.79 Å². The molecule has 0 aromatic heterocycles. The van der Waals surface area contributed by atoms with E-state index in [0.717, 1.165) is 17.1 Å². The first-order valence-electron chi connectivity index (χ1n) is 5.81. The van der Waals surface area contributed by atoms with Gasteiger partial charge in [0.15, 0.2) is 0 Å². The number of hydrogen-bond donors (Lipinski definition) is 1. The van der Waals surface area contributed by atoms with Gasteiger partial charge in [-0.2, -0.15) is 10.2 Å². The maximum atomic E-state index is 11.5. The Morgan fingerprint density at radius 3 is 2.00 bits per heavy atom. The molecule has 0 bridgehead atoms. The minimum atomic E-state index is -0.0948. The molecule has 0 heterocycles. The highest BCUT2D eigenvalue weighted by molar-refractivity contribution is 14.2. The minimum Gasteiger partial charge on any atom is -0.324 e. The van der Waals surface area contributed by atoms with Crippen molar-refractivity contribution in [3.63, 3.8) is 0 Å². The van der Waals surface area contributed by atoms with Crippen LogP contribution in [-0.4, -0.2) is 7.84 Å².